The fourth-order valence-corrected chi connectivity index (χ4v) is 3.83. The first-order chi connectivity index (χ1) is 14.4. The lowest BCUT2D eigenvalue weighted by atomic mass is 9.92. The van der Waals surface area contributed by atoms with Crippen LogP contribution in [0.1, 0.15) is 34.9 Å². The SMILES string of the molecule is NC(=O)c1cc(N2CC[C@@H](C(=O)N3N=CC[C@@H]3c3cccc(F)c3)[C@@H](F)C2)ncn1. The maximum absolute atomic E-state index is 15.0. The number of anilines is 1. The second-order valence-electron chi connectivity index (χ2n) is 7.27. The number of nitrogens with two attached hydrogens (primary N) is 1. The van der Waals surface area contributed by atoms with E-state index in [0.717, 1.165) is 0 Å². The molecule has 2 N–H and O–H groups in total. The number of piperidine rings is 1. The molecule has 2 aromatic rings. The zero-order chi connectivity index (χ0) is 21.3. The van der Waals surface area contributed by atoms with Crippen molar-refractivity contribution in [1.82, 2.24) is 15.0 Å². The van der Waals surface area contributed by atoms with Crippen LogP contribution >= 0.6 is 0 Å². The molecule has 0 saturated carbocycles. The summed E-state index contributed by atoms with van der Waals surface area (Å²) >= 11 is 0. The highest BCUT2D eigenvalue weighted by molar-refractivity contribution is 5.91. The number of primary amides is 1. The summed E-state index contributed by atoms with van der Waals surface area (Å²) < 4.78 is 28.6. The van der Waals surface area contributed by atoms with Crippen LogP contribution in [0.4, 0.5) is 14.6 Å². The Morgan fingerprint density at radius 3 is 2.77 bits per heavy atom. The molecule has 2 aliphatic heterocycles. The van der Waals surface area contributed by atoms with Crippen molar-refractivity contribution < 1.29 is 18.4 Å². The minimum Gasteiger partial charge on any atom is -0.364 e. The van der Waals surface area contributed by atoms with Crippen LogP contribution in [0.15, 0.2) is 41.8 Å². The average molecular weight is 414 g/mol. The topological polar surface area (TPSA) is 105 Å². The van der Waals surface area contributed by atoms with Gasteiger partial charge in [0.25, 0.3) is 5.91 Å². The molecule has 0 unspecified atom stereocenters. The fourth-order valence-electron chi connectivity index (χ4n) is 3.83. The largest absolute Gasteiger partial charge is 0.364 e. The minimum absolute atomic E-state index is 0.0398. The third-order valence-corrected chi connectivity index (χ3v) is 5.38. The second kappa shape index (κ2) is 8.13. The Morgan fingerprint density at radius 1 is 1.20 bits per heavy atom. The number of hydrazone groups is 1. The van der Waals surface area contributed by atoms with E-state index >= 15 is 4.39 Å². The van der Waals surface area contributed by atoms with Crippen LogP contribution in [-0.4, -0.2) is 52.3 Å². The first kappa shape index (κ1) is 19.9. The number of amides is 2. The van der Waals surface area contributed by atoms with Crippen LogP contribution in [-0.2, 0) is 4.79 Å². The van der Waals surface area contributed by atoms with E-state index in [4.69, 9.17) is 5.73 Å². The van der Waals surface area contributed by atoms with Crippen LogP contribution in [0.2, 0.25) is 0 Å². The average Bonchev–Trinajstić information content (AvgIpc) is 3.23. The summed E-state index contributed by atoms with van der Waals surface area (Å²) in [5.41, 5.74) is 5.89. The Hall–Kier alpha value is -3.43. The Morgan fingerprint density at radius 2 is 2.03 bits per heavy atom. The lowest BCUT2D eigenvalue weighted by Crippen LogP contribution is -2.48. The number of carbonyl (C=O) groups excluding carboxylic acids is 2. The number of alkyl halides is 1. The predicted octanol–water partition coefficient (Wildman–Crippen LogP) is 1.84. The van der Waals surface area contributed by atoms with Crippen molar-refractivity contribution >= 4 is 23.8 Å². The van der Waals surface area contributed by atoms with Crippen LogP contribution in [0.3, 0.4) is 0 Å². The minimum atomic E-state index is -1.46. The van der Waals surface area contributed by atoms with Crippen molar-refractivity contribution in [2.24, 2.45) is 16.8 Å². The highest BCUT2D eigenvalue weighted by Gasteiger charge is 2.40. The van der Waals surface area contributed by atoms with Crippen molar-refractivity contribution in [3.8, 4) is 0 Å². The molecule has 0 radical (unpaired) electrons. The monoisotopic (exact) mass is 414 g/mol. The molecule has 1 aromatic carbocycles. The van der Waals surface area contributed by atoms with Gasteiger partial charge in [-0.05, 0) is 24.1 Å². The van der Waals surface area contributed by atoms with Gasteiger partial charge in [0.2, 0.25) is 5.91 Å². The third kappa shape index (κ3) is 3.85. The molecule has 4 rings (SSSR count). The van der Waals surface area contributed by atoms with Crippen LogP contribution < -0.4 is 10.6 Å². The number of hydrogen-bond donors (Lipinski definition) is 1. The molecule has 3 atom stereocenters. The number of carbonyl (C=O) groups is 2. The highest BCUT2D eigenvalue weighted by atomic mass is 19.1. The lowest BCUT2D eigenvalue weighted by molar-refractivity contribution is -0.140. The molecule has 0 aliphatic carbocycles. The molecule has 0 spiro atoms. The quantitative estimate of drug-likeness (QED) is 0.822. The van der Waals surface area contributed by atoms with Crippen molar-refractivity contribution in [3.05, 3.63) is 53.7 Å². The molecule has 10 heteroatoms. The van der Waals surface area contributed by atoms with Crippen LogP contribution in [0, 0.1) is 11.7 Å². The van der Waals surface area contributed by atoms with Gasteiger partial charge in [-0.3, -0.25) is 9.59 Å². The Balaban J connectivity index is 1.47. The van der Waals surface area contributed by atoms with E-state index in [9.17, 15) is 14.0 Å². The smallest absolute Gasteiger partial charge is 0.267 e. The summed E-state index contributed by atoms with van der Waals surface area (Å²) in [6, 6.07) is 6.95. The molecular weight excluding hydrogens is 394 g/mol. The Bertz CT molecular complexity index is 1000. The summed E-state index contributed by atoms with van der Waals surface area (Å²) in [4.78, 5) is 33.9. The maximum Gasteiger partial charge on any atom is 0.267 e. The van der Waals surface area contributed by atoms with Gasteiger partial charge in [0.05, 0.1) is 18.5 Å². The van der Waals surface area contributed by atoms with E-state index in [1.807, 2.05) is 0 Å². The molecular formula is C20H20F2N6O2. The summed E-state index contributed by atoms with van der Waals surface area (Å²) in [5.74, 6) is -2.01. The Kier molecular flexibility index (Phi) is 5.39. The maximum atomic E-state index is 15.0. The van der Waals surface area contributed by atoms with E-state index in [2.05, 4.69) is 15.1 Å². The molecule has 2 amide bonds. The molecule has 30 heavy (non-hydrogen) atoms. The van der Waals surface area contributed by atoms with Gasteiger partial charge in [-0.1, -0.05) is 12.1 Å². The standard InChI is InChI=1S/C20H20F2N6O2/c21-13-3-1-2-12(8-13)17-4-6-26-28(17)20(30)14-5-7-27(10-15(14)22)18-9-16(19(23)29)24-11-25-18/h1-3,6,8-9,11,14-15,17H,4-5,7,10H2,(H2,23,29)/t14-,15+,17-/m1/s1. The molecule has 3 heterocycles. The van der Waals surface area contributed by atoms with Gasteiger partial charge in [0.1, 0.15) is 29.8 Å². The lowest BCUT2D eigenvalue weighted by Gasteiger charge is -2.36. The van der Waals surface area contributed by atoms with Crippen LogP contribution in [0.25, 0.3) is 0 Å². The predicted molar refractivity (Wildman–Crippen MR) is 105 cm³/mol. The molecule has 2 aliphatic rings. The Labute approximate surface area is 171 Å². The summed E-state index contributed by atoms with van der Waals surface area (Å²) in [7, 11) is 0. The summed E-state index contributed by atoms with van der Waals surface area (Å²) in [5, 5.41) is 5.39. The fraction of sp³-hybridized carbons (Fsp3) is 0.350. The molecule has 1 aromatic heterocycles. The first-order valence-corrected chi connectivity index (χ1v) is 9.56. The third-order valence-electron chi connectivity index (χ3n) is 5.38. The molecule has 1 fully saturated rings. The van der Waals surface area contributed by atoms with Gasteiger partial charge >= 0.3 is 0 Å². The van der Waals surface area contributed by atoms with E-state index in [1.54, 1.807) is 23.2 Å². The summed E-state index contributed by atoms with van der Waals surface area (Å²) in [6.07, 6.45) is 2.02. The van der Waals surface area contributed by atoms with Gasteiger partial charge in [-0.15, -0.1) is 0 Å². The number of hydrogen-bond acceptors (Lipinski definition) is 6. The zero-order valence-corrected chi connectivity index (χ0v) is 16.0. The molecule has 8 nitrogen and oxygen atoms in total. The summed E-state index contributed by atoms with van der Waals surface area (Å²) in [6.45, 7) is 0.308. The second-order valence-corrected chi connectivity index (χ2v) is 7.27. The van der Waals surface area contributed by atoms with E-state index in [-0.39, 0.29) is 18.7 Å². The van der Waals surface area contributed by atoms with Gasteiger partial charge < -0.3 is 10.6 Å². The number of aromatic nitrogens is 2. The molecule has 1 saturated heterocycles. The van der Waals surface area contributed by atoms with E-state index in [0.29, 0.717) is 24.3 Å². The zero-order valence-electron chi connectivity index (χ0n) is 16.0. The number of benzene rings is 1. The van der Waals surface area contributed by atoms with Gasteiger partial charge in [0.15, 0.2) is 0 Å². The van der Waals surface area contributed by atoms with Gasteiger partial charge in [-0.2, -0.15) is 5.10 Å². The van der Waals surface area contributed by atoms with Gasteiger partial charge in [0, 0.05) is 25.2 Å². The van der Waals surface area contributed by atoms with E-state index < -0.39 is 35.8 Å². The van der Waals surface area contributed by atoms with Crippen molar-refractivity contribution in [2.45, 2.75) is 25.1 Å². The number of rotatable bonds is 4. The van der Waals surface area contributed by atoms with Crippen molar-refractivity contribution in [3.63, 3.8) is 0 Å². The number of halogens is 2. The normalized spacial score (nSPS) is 23.6. The highest BCUT2D eigenvalue weighted by Crippen LogP contribution is 2.33. The molecule has 0 bridgehead atoms. The van der Waals surface area contributed by atoms with Gasteiger partial charge in [-0.25, -0.2) is 23.8 Å². The molecule has 156 valence electrons. The van der Waals surface area contributed by atoms with Crippen molar-refractivity contribution in [1.29, 1.82) is 0 Å². The van der Waals surface area contributed by atoms with E-state index in [1.165, 1.54) is 29.5 Å². The number of nitrogens with zero attached hydrogens (tertiary/aromatic N) is 5. The first-order valence-electron chi connectivity index (χ1n) is 9.56. The van der Waals surface area contributed by atoms with Crippen molar-refractivity contribution in [2.75, 3.05) is 18.0 Å². The van der Waals surface area contributed by atoms with Crippen LogP contribution in [0.5, 0.6) is 0 Å².